The third-order valence-electron chi connectivity index (χ3n) is 2.01. The number of nitrogens with two attached hydrogens (primary N) is 1. The van der Waals surface area contributed by atoms with Crippen LogP contribution in [0, 0.1) is 5.92 Å². The van der Waals surface area contributed by atoms with Gasteiger partial charge in [0.25, 0.3) is 0 Å². The van der Waals surface area contributed by atoms with E-state index in [2.05, 4.69) is 15.2 Å². The molecule has 0 saturated carbocycles. The van der Waals surface area contributed by atoms with Crippen LogP contribution in [0.15, 0.2) is 0 Å². The van der Waals surface area contributed by atoms with E-state index < -0.39 is 17.5 Å². The molecule has 0 aromatic carbocycles. The second kappa shape index (κ2) is 9.52. The molecule has 1 amide bonds. The van der Waals surface area contributed by atoms with Crippen LogP contribution in [0.3, 0.4) is 0 Å². The second-order valence-electron chi connectivity index (χ2n) is 3.26. The molecule has 1 aliphatic heterocycles. The summed E-state index contributed by atoms with van der Waals surface area (Å²) in [4.78, 5) is 9.42. The lowest BCUT2D eigenvalue weighted by molar-refractivity contribution is 0.135. The molecule has 1 saturated heterocycles. The van der Waals surface area contributed by atoms with Crippen molar-refractivity contribution in [3.8, 4) is 0 Å². The van der Waals surface area contributed by atoms with Crippen LogP contribution in [0.4, 0.5) is 4.79 Å². The summed E-state index contributed by atoms with van der Waals surface area (Å²) in [6, 6.07) is 0. The van der Waals surface area contributed by atoms with Crippen molar-refractivity contribution in [3.05, 3.63) is 0 Å². The zero-order chi connectivity index (χ0) is 12.4. The molecule has 8 heteroatoms. The molecule has 0 radical (unpaired) electrons. The number of ether oxygens (including phenoxy) is 1. The lowest BCUT2D eigenvalue weighted by Crippen LogP contribution is -2.29. The Kier molecular flexibility index (Phi) is 9.10. The summed E-state index contributed by atoms with van der Waals surface area (Å²) in [7, 11) is 1.78. The zero-order valence-corrected chi connectivity index (χ0v) is 9.96. The summed E-state index contributed by atoms with van der Waals surface area (Å²) < 4.78 is 26.9. The number of hydrogen-bond donors (Lipinski definition) is 2. The normalized spacial score (nSPS) is 18.1. The molecule has 3 N–H and O–H groups in total. The van der Waals surface area contributed by atoms with Crippen LogP contribution in [0.2, 0.25) is 0 Å². The Hall–Kier alpha value is -0.700. The quantitative estimate of drug-likeness (QED) is 0.656. The maximum atomic E-state index is 9.42. The molecule has 0 spiro atoms. The van der Waals surface area contributed by atoms with Crippen LogP contribution in [0.5, 0.6) is 0 Å². The summed E-state index contributed by atoms with van der Waals surface area (Å²) in [5.41, 5.74) is 4.24. The highest BCUT2D eigenvalue weighted by Crippen LogP contribution is 2.10. The predicted molar refractivity (Wildman–Crippen MR) is 57.1 cm³/mol. The van der Waals surface area contributed by atoms with Crippen molar-refractivity contribution in [1.82, 2.24) is 5.32 Å². The van der Waals surface area contributed by atoms with Gasteiger partial charge in [0.05, 0.1) is 0 Å². The fourth-order valence-electron chi connectivity index (χ4n) is 1.35. The monoisotopic (exact) mass is 253 g/mol. The third kappa shape index (κ3) is 9.84. The van der Waals surface area contributed by atoms with Crippen molar-refractivity contribution in [1.29, 1.82) is 0 Å². The number of hydrogen-bond acceptors (Lipinski definition) is 6. The van der Waals surface area contributed by atoms with Crippen molar-refractivity contribution in [2.45, 2.75) is 12.8 Å². The molecule has 1 rings (SSSR count). The first kappa shape index (κ1) is 15.3. The Morgan fingerprint density at radius 2 is 2.12 bits per heavy atom. The van der Waals surface area contributed by atoms with Gasteiger partial charge in [0.1, 0.15) is 11.4 Å². The van der Waals surface area contributed by atoms with Crippen LogP contribution in [0.1, 0.15) is 12.8 Å². The number of carbonyl (C=O) groups is 1. The van der Waals surface area contributed by atoms with Gasteiger partial charge in [-0.05, 0) is 31.8 Å². The van der Waals surface area contributed by atoms with Gasteiger partial charge in [-0.2, -0.15) is 0 Å². The maximum absolute atomic E-state index is 9.42. The highest BCUT2D eigenvalue weighted by atomic mass is 32.2. The first-order valence-electron chi connectivity index (χ1n) is 4.83. The average Bonchev–Trinajstić information content (AvgIpc) is 2.18. The SMILES string of the molecule is COCC1CCNCC1.NC(=O)OS(=O)[O-]. The maximum Gasteiger partial charge on any atom is 0.417 e. The molecular formula is C8H17N2O5S-. The summed E-state index contributed by atoms with van der Waals surface area (Å²) in [5, 5.41) is 3.32. The summed E-state index contributed by atoms with van der Waals surface area (Å²) in [5.74, 6) is 0.816. The molecule has 1 unspecified atom stereocenters. The molecule has 96 valence electrons. The van der Waals surface area contributed by atoms with Crippen molar-refractivity contribution in [3.63, 3.8) is 0 Å². The number of methoxy groups -OCH3 is 1. The Labute approximate surface area is 97.2 Å². The van der Waals surface area contributed by atoms with Crippen molar-refractivity contribution in [2.75, 3.05) is 26.8 Å². The molecule has 0 aliphatic carbocycles. The minimum Gasteiger partial charge on any atom is -0.740 e. The first-order valence-corrected chi connectivity index (χ1v) is 5.83. The lowest BCUT2D eigenvalue weighted by Gasteiger charge is -2.21. The predicted octanol–water partition coefficient (Wildman–Crippen LogP) is -0.492. The van der Waals surface area contributed by atoms with Gasteiger partial charge in [0.2, 0.25) is 0 Å². The fraction of sp³-hybridized carbons (Fsp3) is 0.875. The fourth-order valence-corrected chi connectivity index (χ4v) is 1.49. The number of carbonyl (C=O) groups excluding carboxylic acids is 1. The number of piperidine rings is 1. The third-order valence-corrected chi connectivity index (χ3v) is 2.31. The molecule has 0 aromatic heterocycles. The number of rotatable bonds is 3. The molecule has 0 bridgehead atoms. The Morgan fingerprint density at radius 1 is 1.56 bits per heavy atom. The second-order valence-corrected chi connectivity index (χ2v) is 3.83. The molecule has 1 aliphatic rings. The van der Waals surface area contributed by atoms with Crippen LogP contribution in [-0.4, -0.2) is 41.7 Å². The summed E-state index contributed by atoms with van der Waals surface area (Å²) in [6.07, 6.45) is 1.25. The molecule has 7 nitrogen and oxygen atoms in total. The van der Waals surface area contributed by atoms with Crippen LogP contribution < -0.4 is 11.1 Å². The lowest BCUT2D eigenvalue weighted by atomic mass is 10.00. The van der Waals surface area contributed by atoms with E-state index in [1.165, 1.54) is 25.9 Å². The van der Waals surface area contributed by atoms with Gasteiger partial charge in [-0.3, -0.25) is 0 Å². The topological polar surface area (TPSA) is 114 Å². The number of nitrogens with one attached hydrogen (secondary N) is 1. The van der Waals surface area contributed by atoms with Crippen molar-refractivity contribution >= 4 is 17.5 Å². The van der Waals surface area contributed by atoms with E-state index in [4.69, 9.17) is 4.74 Å². The molecule has 1 fully saturated rings. The van der Waals surface area contributed by atoms with Gasteiger partial charge in [0.15, 0.2) is 0 Å². The van der Waals surface area contributed by atoms with E-state index in [0.717, 1.165) is 12.5 Å². The van der Waals surface area contributed by atoms with E-state index in [0.29, 0.717) is 0 Å². The Bertz CT molecular complexity index is 206. The largest absolute Gasteiger partial charge is 0.740 e. The van der Waals surface area contributed by atoms with Crippen LogP contribution in [0.25, 0.3) is 0 Å². The van der Waals surface area contributed by atoms with Gasteiger partial charge >= 0.3 is 6.09 Å². The Morgan fingerprint density at radius 3 is 2.44 bits per heavy atom. The van der Waals surface area contributed by atoms with Gasteiger partial charge < -0.3 is 24.5 Å². The van der Waals surface area contributed by atoms with Crippen molar-refractivity contribution in [2.24, 2.45) is 11.7 Å². The van der Waals surface area contributed by atoms with Crippen molar-refractivity contribution < 1.29 is 22.5 Å². The minimum absolute atomic E-state index is 0.816. The van der Waals surface area contributed by atoms with Gasteiger partial charge in [-0.1, -0.05) is 0 Å². The molecule has 1 heterocycles. The molecule has 16 heavy (non-hydrogen) atoms. The van der Waals surface area contributed by atoms with E-state index in [1.54, 1.807) is 7.11 Å². The van der Waals surface area contributed by atoms with Crippen LogP contribution >= 0.6 is 0 Å². The van der Waals surface area contributed by atoms with Gasteiger partial charge in [-0.25, -0.2) is 9.00 Å². The van der Waals surface area contributed by atoms with Crippen LogP contribution in [-0.2, 0) is 20.3 Å². The summed E-state index contributed by atoms with van der Waals surface area (Å²) in [6.45, 7) is 3.30. The zero-order valence-electron chi connectivity index (χ0n) is 9.14. The van der Waals surface area contributed by atoms with Gasteiger partial charge in [0, 0.05) is 13.7 Å². The highest BCUT2D eigenvalue weighted by Gasteiger charge is 2.11. The standard InChI is InChI=1S/C7H15NO.CH3NO4S/c1-9-6-7-2-4-8-5-3-7;2-1(3)6-7(4)5/h7-8H,2-6H2,1H3;(H2,2,3)(H,4,5)/p-1. The van der Waals surface area contributed by atoms with E-state index in [9.17, 15) is 13.6 Å². The summed E-state index contributed by atoms with van der Waals surface area (Å²) >= 11 is -2.82. The van der Waals surface area contributed by atoms with E-state index >= 15 is 0 Å². The average molecular weight is 253 g/mol. The highest BCUT2D eigenvalue weighted by molar-refractivity contribution is 7.74. The van der Waals surface area contributed by atoms with Gasteiger partial charge in [-0.15, -0.1) is 0 Å². The molecule has 1 atom stereocenters. The Balaban J connectivity index is 0.000000293. The first-order chi connectivity index (χ1) is 7.56. The number of primary amides is 1. The molecular weight excluding hydrogens is 236 g/mol. The van der Waals surface area contributed by atoms with E-state index in [1.807, 2.05) is 0 Å². The molecule has 0 aromatic rings. The smallest absolute Gasteiger partial charge is 0.417 e. The van der Waals surface area contributed by atoms with E-state index in [-0.39, 0.29) is 0 Å². The minimum atomic E-state index is -2.82. The number of amides is 1.